The number of fused-ring (bicyclic) bond motifs is 3. The molecule has 0 heterocycles. The van der Waals surface area contributed by atoms with Crippen LogP contribution in [0.2, 0.25) is 0 Å². The lowest BCUT2D eigenvalue weighted by Crippen LogP contribution is -2.29. The topological polar surface area (TPSA) is 6.48 Å². The number of anilines is 4. The van der Waals surface area contributed by atoms with E-state index in [1.165, 1.54) is 61.4 Å². The Labute approximate surface area is 379 Å². The Morgan fingerprint density at radius 2 is 1.11 bits per heavy atom. The molecule has 0 saturated heterocycles. The summed E-state index contributed by atoms with van der Waals surface area (Å²) in [7, 11) is 0. The van der Waals surface area contributed by atoms with Gasteiger partial charge in [-0.15, -0.1) is 0 Å². The van der Waals surface area contributed by atoms with Crippen LogP contribution in [0, 0.1) is 11.8 Å². The Balaban J connectivity index is 0.988. The third kappa shape index (κ3) is 8.40. The molecule has 0 saturated carbocycles. The van der Waals surface area contributed by atoms with Gasteiger partial charge in [-0.1, -0.05) is 177 Å². The van der Waals surface area contributed by atoms with Gasteiger partial charge in [-0.2, -0.15) is 0 Å². The molecule has 0 bridgehead atoms. The predicted octanol–water partition coefficient (Wildman–Crippen LogP) is 16.5. The molecule has 0 aliphatic heterocycles. The van der Waals surface area contributed by atoms with Crippen molar-refractivity contribution in [2.75, 3.05) is 9.80 Å². The maximum absolute atomic E-state index is 4.83. The van der Waals surface area contributed by atoms with Crippen molar-refractivity contribution < 1.29 is 0 Å². The number of rotatable bonds is 13. The SMILES string of the molecule is C=C/C=C(\C1C=CC(CCC(=C)N(c2cccc(-c3ccccc3)c2)c2ccc3c(c2)C=CCC3)=C2C=CC=CC21)N(c1cccc(-c2ccccc2)c1)c1ccc2c(c1)C=CCC2. The van der Waals surface area contributed by atoms with Crippen LogP contribution in [0.25, 0.3) is 34.4 Å². The van der Waals surface area contributed by atoms with Gasteiger partial charge in [-0.3, -0.25) is 0 Å². The summed E-state index contributed by atoms with van der Waals surface area (Å²) in [5.74, 6) is 0.210. The fraction of sp³-hybridized carbons (Fsp3) is 0.129. The Morgan fingerprint density at radius 1 is 0.547 bits per heavy atom. The maximum Gasteiger partial charge on any atom is 0.0464 e. The first-order chi connectivity index (χ1) is 31.6. The predicted molar refractivity (Wildman–Crippen MR) is 274 cm³/mol. The van der Waals surface area contributed by atoms with E-state index in [4.69, 9.17) is 6.58 Å². The average Bonchev–Trinajstić information content (AvgIpc) is 3.36. The van der Waals surface area contributed by atoms with E-state index in [9.17, 15) is 0 Å². The molecule has 0 aromatic heterocycles. The minimum atomic E-state index is 0.0638. The summed E-state index contributed by atoms with van der Waals surface area (Å²) in [5.41, 5.74) is 19.7. The third-order valence-electron chi connectivity index (χ3n) is 13.2. The minimum Gasteiger partial charge on any atom is -0.315 e. The Kier molecular flexibility index (Phi) is 11.8. The van der Waals surface area contributed by atoms with Crippen LogP contribution in [0.4, 0.5) is 22.7 Å². The number of benzene rings is 6. The second-order valence-corrected chi connectivity index (χ2v) is 17.2. The Hall–Kier alpha value is -7.42. The van der Waals surface area contributed by atoms with Gasteiger partial charge in [0, 0.05) is 46.0 Å². The molecular formula is C62H54N2. The zero-order valence-electron chi connectivity index (χ0n) is 36.5. The van der Waals surface area contributed by atoms with E-state index in [2.05, 4.69) is 229 Å². The first-order valence-corrected chi connectivity index (χ1v) is 22.9. The Morgan fingerprint density at radius 3 is 1.72 bits per heavy atom. The highest BCUT2D eigenvalue weighted by Gasteiger charge is 2.33. The second kappa shape index (κ2) is 18.5. The minimum absolute atomic E-state index is 0.0638. The number of hydrogen-bond acceptors (Lipinski definition) is 2. The molecule has 6 aromatic carbocycles. The van der Waals surface area contributed by atoms with E-state index in [0.29, 0.717) is 0 Å². The second-order valence-electron chi connectivity index (χ2n) is 17.2. The van der Waals surface area contributed by atoms with Crippen LogP contribution in [-0.2, 0) is 12.8 Å². The van der Waals surface area contributed by atoms with Crippen molar-refractivity contribution in [3.05, 3.63) is 264 Å². The summed E-state index contributed by atoms with van der Waals surface area (Å²) in [6.07, 6.45) is 33.3. The van der Waals surface area contributed by atoms with Crippen molar-refractivity contribution in [2.45, 2.75) is 38.5 Å². The lowest BCUT2D eigenvalue weighted by atomic mass is 9.74. The summed E-state index contributed by atoms with van der Waals surface area (Å²) >= 11 is 0. The van der Waals surface area contributed by atoms with Crippen LogP contribution in [0.15, 0.2) is 242 Å². The molecule has 0 fully saturated rings. The lowest BCUT2D eigenvalue weighted by Gasteiger charge is -2.38. The normalized spacial score (nSPS) is 17.1. The van der Waals surface area contributed by atoms with Crippen molar-refractivity contribution in [3.63, 3.8) is 0 Å². The van der Waals surface area contributed by atoms with Gasteiger partial charge < -0.3 is 9.80 Å². The first kappa shape index (κ1) is 40.6. The summed E-state index contributed by atoms with van der Waals surface area (Å²) in [6, 6.07) is 53.2. The smallest absolute Gasteiger partial charge is 0.0464 e. The molecule has 0 radical (unpaired) electrons. The van der Waals surface area contributed by atoms with Gasteiger partial charge in [0.05, 0.1) is 0 Å². The molecule has 10 rings (SSSR count). The van der Waals surface area contributed by atoms with Gasteiger partial charge in [-0.05, 0) is 149 Å². The molecule has 64 heavy (non-hydrogen) atoms. The van der Waals surface area contributed by atoms with Gasteiger partial charge in [0.1, 0.15) is 0 Å². The van der Waals surface area contributed by atoms with Crippen molar-refractivity contribution >= 4 is 34.9 Å². The van der Waals surface area contributed by atoms with Crippen LogP contribution in [0.5, 0.6) is 0 Å². The fourth-order valence-corrected chi connectivity index (χ4v) is 9.96. The van der Waals surface area contributed by atoms with E-state index in [1.807, 2.05) is 6.08 Å². The number of aryl methyl sites for hydroxylation is 2. The van der Waals surface area contributed by atoms with Gasteiger partial charge in [-0.25, -0.2) is 0 Å². The monoisotopic (exact) mass is 826 g/mol. The van der Waals surface area contributed by atoms with Gasteiger partial charge in [0.25, 0.3) is 0 Å². The molecule has 0 N–H and O–H groups in total. The molecule has 2 atom stereocenters. The van der Waals surface area contributed by atoms with E-state index >= 15 is 0 Å². The van der Waals surface area contributed by atoms with Gasteiger partial charge in [0.2, 0.25) is 0 Å². The van der Waals surface area contributed by atoms with E-state index in [-0.39, 0.29) is 11.8 Å². The highest BCUT2D eigenvalue weighted by molar-refractivity contribution is 5.79. The molecule has 0 amide bonds. The Bertz CT molecular complexity index is 2930. The third-order valence-corrected chi connectivity index (χ3v) is 13.2. The fourth-order valence-electron chi connectivity index (χ4n) is 9.96. The lowest BCUT2D eigenvalue weighted by molar-refractivity contribution is 0.588. The zero-order chi connectivity index (χ0) is 43.2. The summed E-state index contributed by atoms with van der Waals surface area (Å²) in [4.78, 5) is 4.85. The largest absolute Gasteiger partial charge is 0.315 e. The van der Waals surface area contributed by atoms with Crippen molar-refractivity contribution in [1.29, 1.82) is 0 Å². The van der Waals surface area contributed by atoms with E-state index in [1.54, 1.807) is 0 Å². The summed E-state index contributed by atoms with van der Waals surface area (Å²) in [5, 5.41) is 0. The standard InChI is InChI=1S/C62H54N2/c1-3-18-62(64(58-39-36-49-24-11-13-26-52(49)44-58)56-30-17-28-54(42-56)47-21-8-5-9-22-47)61-40-37-50(59-31-14-15-32-60(59)61)34-33-45(2)63(57-38-35-48-23-10-12-25-51(48)43-57)55-29-16-27-53(41-55)46-19-6-4-7-20-46/h3-9,12-22,25-32,35-44,60-61H,1-2,10-11,23-24,33-34H2/b62-18+. The zero-order valence-corrected chi connectivity index (χ0v) is 36.5. The molecule has 6 aromatic rings. The van der Waals surface area contributed by atoms with Crippen LogP contribution >= 0.6 is 0 Å². The van der Waals surface area contributed by atoms with Crippen LogP contribution in [0.1, 0.15) is 47.9 Å². The number of hydrogen-bond donors (Lipinski definition) is 0. The van der Waals surface area contributed by atoms with Gasteiger partial charge >= 0.3 is 0 Å². The molecule has 4 aliphatic rings. The van der Waals surface area contributed by atoms with Crippen LogP contribution in [0.3, 0.4) is 0 Å². The van der Waals surface area contributed by atoms with E-state index < -0.39 is 0 Å². The highest BCUT2D eigenvalue weighted by atomic mass is 15.2. The van der Waals surface area contributed by atoms with E-state index in [0.717, 1.165) is 67.0 Å². The molecule has 4 aliphatic carbocycles. The van der Waals surface area contributed by atoms with Crippen LogP contribution in [-0.4, -0.2) is 0 Å². The summed E-state index contributed by atoms with van der Waals surface area (Å²) < 4.78 is 0. The maximum atomic E-state index is 4.83. The van der Waals surface area contributed by atoms with Crippen molar-refractivity contribution in [1.82, 2.24) is 0 Å². The average molecular weight is 827 g/mol. The van der Waals surface area contributed by atoms with Gasteiger partial charge in [0.15, 0.2) is 0 Å². The molecule has 0 spiro atoms. The molecule has 312 valence electrons. The van der Waals surface area contributed by atoms with Crippen LogP contribution < -0.4 is 9.80 Å². The molecule has 2 nitrogen and oxygen atoms in total. The molecular weight excluding hydrogens is 773 g/mol. The van der Waals surface area contributed by atoms with Crippen molar-refractivity contribution in [3.8, 4) is 22.3 Å². The quantitative estimate of drug-likeness (QED) is 0.107. The highest BCUT2D eigenvalue weighted by Crippen LogP contribution is 2.46. The number of nitrogens with zero attached hydrogens (tertiary/aromatic N) is 2. The molecule has 2 unspecified atom stereocenters. The molecule has 2 heteroatoms. The first-order valence-electron chi connectivity index (χ1n) is 22.9. The summed E-state index contributed by atoms with van der Waals surface area (Å²) in [6.45, 7) is 9.11. The van der Waals surface area contributed by atoms with Crippen molar-refractivity contribution in [2.24, 2.45) is 11.8 Å². The number of allylic oxidation sites excluding steroid dienone is 13.